The molecule has 0 spiro atoms. The van der Waals surface area contributed by atoms with Crippen LogP contribution in [0.4, 0.5) is 11.4 Å². The number of benzene rings is 4. The fraction of sp³-hybridized carbons (Fsp3) is 0.286. The number of anilines is 2. The quantitative estimate of drug-likeness (QED) is 0.333. The molecule has 4 aromatic rings. The van der Waals surface area contributed by atoms with Crippen LogP contribution in [0.25, 0.3) is 32.7 Å². The van der Waals surface area contributed by atoms with Crippen molar-refractivity contribution in [3.05, 3.63) is 72.8 Å². The van der Waals surface area contributed by atoms with Gasteiger partial charge in [-0.1, -0.05) is 88.4 Å². The summed E-state index contributed by atoms with van der Waals surface area (Å²) < 4.78 is 0. The molecule has 0 atom stereocenters. The predicted octanol–water partition coefficient (Wildman–Crippen LogP) is 7.80. The third-order valence-corrected chi connectivity index (χ3v) is 5.51. The van der Waals surface area contributed by atoms with Gasteiger partial charge in [-0.2, -0.15) is 0 Å². The van der Waals surface area contributed by atoms with E-state index in [1.807, 2.05) is 0 Å². The van der Waals surface area contributed by atoms with Gasteiger partial charge in [0.2, 0.25) is 0 Å². The molecule has 0 saturated carbocycles. The number of rotatable bonds is 7. The Labute approximate surface area is 180 Å². The predicted molar refractivity (Wildman–Crippen MR) is 134 cm³/mol. The van der Waals surface area contributed by atoms with E-state index in [0.717, 1.165) is 13.1 Å². The van der Waals surface area contributed by atoms with Gasteiger partial charge in [0.1, 0.15) is 0 Å². The van der Waals surface area contributed by atoms with Crippen LogP contribution >= 0.6 is 0 Å². The van der Waals surface area contributed by atoms with Gasteiger partial charge in [0.15, 0.2) is 0 Å². The van der Waals surface area contributed by atoms with Gasteiger partial charge in [0, 0.05) is 35.6 Å². The smallest absolute Gasteiger partial charge is 0.0427 e. The lowest BCUT2D eigenvalue weighted by molar-refractivity contribution is 0.688. The summed E-state index contributed by atoms with van der Waals surface area (Å²) in [6.45, 7) is 10.9. The fourth-order valence-electron chi connectivity index (χ4n) is 4.00. The molecule has 0 aliphatic heterocycles. The second-order valence-corrected chi connectivity index (χ2v) is 8.97. The molecule has 4 rings (SSSR count). The topological polar surface area (TPSA) is 24.1 Å². The van der Waals surface area contributed by atoms with Crippen molar-refractivity contribution < 1.29 is 0 Å². The molecule has 0 amide bonds. The lowest BCUT2D eigenvalue weighted by atomic mass is 9.90. The summed E-state index contributed by atoms with van der Waals surface area (Å²) in [6.07, 6.45) is 0. The molecule has 154 valence electrons. The number of hydrogen-bond donors (Lipinski definition) is 2. The molecule has 0 unspecified atom stereocenters. The van der Waals surface area contributed by atoms with Crippen LogP contribution in [0.3, 0.4) is 0 Å². The van der Waals surface area contributed by atoms with Crippen molar-refractivity contribution in [1.82, 2.24) is 0 Å². The van der Waals surface area contributed by atoms with Crippen molar-refractivity contribution >= 4 is 32.9 Å². The summed E-state index contributed by atoms with van der Waals surface area (Å²) in [4.78, 5) is 0. The van der Waals surface area contributed by atoms with E-state index in [9.17, 15) is 0 Å². The summed E-state index contributed by atoms with van der Waals surface area (Å²) >= 11 is 0. The summed E-state index contributed by atoms with van der Waals surface area (Å²) in [5.74, 6) is 1.16. The first-order valence-corrected chi connectivity index (χ1v) is 11.1. The van der Waals surface area contributed by atoms with E-state index in [1.54, 1.807) is 0 Å². The lowest BCUT2D eigenvalue weighted by Crippen LogP contribution is -2.11. The highest BCUT2D eigenvalue weighted by molar-refractivity contribution is 6.13. The summed E-state index contributed by atoms with van der Waals surface area (Å²) in [7, 11) is 0. The maximum absolute atomic E-state index is 3.73. The van der Waals surface area contributed by atoms with Gasteiger partial charge >= 0.3 is 0 Å². The van der Waals surface area contributed by atoms with Crippen LogP contribution in [0.15, 0.2) is 72.8 Å². The maximum atomic E-state index is 3.73. The summed E-state index contributed by atoms with van der Waals surface area (Å²) in [5, 5.41) is 12.6. The Morgan fingerprint density at radius 1 is 0.533 bits per heavy atom. The minimum Gasteiger partial charge on any atom is -0.384 e. The third-order valence-electron chi connectivity index (χ3n) is 5.51. The van der Waals surface area contributed by atoms with Gasteiger partial charge in [-0.15, -0.1) is 0 Å². The Bertz CT molecular complexity index is 1060. The Morgan fingerprint density at radius 3 is 1.33 bits per heavy atom. The average Bonchev–Trinajstić information content (AvgIpc) is 2.75. The highest BCUT2D eigenvalue weighted by atomic mass is 14.9. The molecule has 0 saturated heterocycles. The second-order valence-electron chi connectivity index (χ2n) is 8.97. The Balaban J connectivity index is 2.02. The van der Waals surface area contributed by atoms with Crippen LogP contribution in [0.5, 0.6) is 0 Å². The lowest BCUT2D eigenvalue weighted by Gasteiger charge is -2.22. The van der Waals surface area contributed by atoms with E-state index in [-0.39, 0.29) is 0 Å². The largest absolute Gasteiger partial charge is 0.384 e. The van der Waals surface area contributed by atoms with Gasteiger partial charge in [-0.05, 0) is 45.5 Å². The molecular weight excluding hydrogens is 364 g/mol. The number of fused-ring (bicyclic) bond motifs is 2. The first-order valence-electron chi connectivity index (χ1n) is 11.1. The summed E-state index contributed by atoms with van der Waals surface area (Å²) in [5.41, 5.74) is 4.98. The SMILES string of the molecule is CC(C)CNc1ccc2ccccc2c1-c1c(NCC(C)C)ccc2ccccc12. The fourth-order valence-corrected chi connectivity index (χ4v) is 4.00. The zero-order valence-electron chi connectivity index (χ0n) is 18.5. The third kappa shape index (κ3) is 4.14. The van der Waals surface area contributed by atoms with E-state index < -0.39 is 0 Å². The monoisotopic (exact) mass is 396 g/mol. The molecule has 0 aliphatic rings. The molecule has 0 radical (unpaired) electrons. The molecule has 0 fully saturated rings. The van der Waals surface area contributed by atoms with Crippen LogP contribution in [0.1, 0.15) is 27.7 Å². The van der Waals surface area contributed by atoms with Crippen molar-refractivity contribution in [3.8, 4) is 11.1 Å². The molecule has 0 aromatic heterocycles. The van der Waals surface area contributed by atoms with Crippen LogP contribution in [0, 0.1) is 11.8 Å². The van der Waals surface area contributed by atoms with Crippen molar-refractivity contribution in [2.45, 2.75) is 27.7 Å². The molecule has 2 heteroatoms. The molecule has 4 aromatic carbocycles. The molecule has 30 heavy (non-hydrogen) atoms. The number of nitrogens with one attached hydrogen (secondary N) is 2. The minimum absolute atomic E-state index is 0.579. The summed E-state index contributed by atoms with van der Waals surface area (Å²) in [6, 6.07) is 26.4. The van der Waals surface area contributed by atoms with E-state index in [0.29, 0.717) is 11.8 Å². The first kappa shape index (κ1) is 20.3. The van der Waals surface area contributed by atoms with Gasteiger partial charge < -0.3 is 10.6 Å². The van der Waals surface area contributed by atoms with Gasteiger partial charge in [-0.3, -0.25) is 0 Å². The minimum atomic E-state index is 0.579. The Morgan fingerprint density at radius 2 is 0.933 bits per heavy atom. The average molecular weight is 397 g/mol. The Kier molecular flexibility index (Phi) is 5.94. The Hall–Kier alpha value is -3.00. The zero-order valence-corrected chi connectivity index (χ0v) is 18.5. The van der Waals surface area contributed by atoms with E-state index in [1.165, 1.54) is 44.0 Å². The van der Waals surface area contributed by atoms with Crippen LogP contribution in [0.2, 0.25) is 0 Å². The molecule has 0 bridgehead atoms. The van der Waals surface area contributed by atoms with E-state index in [4.69, 9.17) is 0 Å². The zero-order chi connectivity index (χ0) is 21.1. The van der Waals surface area contributed by atoms with Crippen molar-refractivity contribution in [2.75, 3.05) is 23.7 Å². The van der Waals surface area contributed by atoms with E-state index in [2.05, 4.69) is 111 Å². The van der Waals surface area contributed by atoms with Crippen LogP contribution < -0.4 is 10.6 Å². The first-order chi connectivity index (χ1) is 14.5. The highest BCUT2D eigenvalue weighted by Crippen LogP contribution is 2.43. The molecule has 0 heterocycles. The normalized spacial score (nSPS) is 11.5. The van der Waals surface area contributed by atoms with E-state index >= 15 is 0 Å². The van der Waals surface area contributed by atoms with Crippen molar-refractivity contribution in [1.29, 1.82) is 0 Å². The standard InChI is InChI=1S/C28H32N2/c1-19(2)17-29-25-15-13-21-9-5-7-11-23(21)27(25)28-24-12-8-6-10-22(24)14-16-26(28)30-18-20(3)4/h5-16,19-20,29-30H,17-18H2,1-4H3. The van der Waals surface area contributed by atoms with Crippen molar-refractivity contribution in [2.24, 2.45) is 11.8 Å². The van der Waals surface area contributed by atoms with Crippen molar-refractivity contribution in [3.63, 3.8) is 0 Å². The van der Waals surface area contributed by atoms with Gasteiger partial charge in [-0.25, -0.2) is 0 Å². The maximum Gasteiger partial charge on any atom is 0.0427 e. The second kappa shape index (κ2) is 8.79. The molecule has 0 aliphatic carbocycles. The van der Waals surface area contributed by atoms with Gasteiger partial charge in [0.05, 0.1) is 0 Å². The van der Waals surface area contributed by atoms with Crippen LogP contribution in [-0.2, 0) is 0 Å². The van der Waals surface area contributed by atoms with Gasteiger partial charge in [0.25, 0.3) is 0 Å². The molecular formula is C28H32N2. The molecule has 2 nitrogen and oxygen atoms in total. The van der Waals surface area contributed by atoms with Crippen LogP contribution in [-0.4, -0.2) is 13.1 Å². The highest BCUT2D eigenvalue weighted by Gasteiger charge is 2.17. The molecule has 2 N–H and O–H groups in total. The number of hydrogen-bond acceptors (Lipinski definition) is 2.